The zero-order chi connectivity index (χ0) is 20.8. The van der Waals surface area contributed by atoms with Crippen LogP contribution >= 0.6 is 0 Å². The molecule has 2 heterocycles. The van der Waals surface area contributed by atoms with E-state index in [4.69, 9.17) is 12.8 Å². The van der Waals surface area contributed by atoms with Crippen LogP contribution in [0.4, 0.5) is 0 Å². The molecule has 0 saturated carbocycles. The van der Waals surface area contributed by atoms with Gasteiger partial charge in [-0.1, -0.05) is 36.1 Å². The van der Waals surface area contributed by atoms with Crippen molar-refractivity contribution in [3.8, 4) is 24.7 Å². The van der Waals surface area contributed by atoms with Crippen LogP contribution in [0.25, 0.3) is 43.6 Å². The highest BCUT2D eigenvalue weighted by Crippen LogP contribution is 2.26. The van der Waals surface area contributed by atoms with E-state index in [0.717, 1.165) is 11.0 Å². The summed E-state index contributed by atoms with van der Waals surface area (Å²) in [6, 6.07) is 18.3. The van der Waals surface area contributed by atoms with Gasteiger partial charge in [0.25, 0.3) is 0 Å². The van der Waals surface area contributed by atoms with Crippen molar-refractivity contribution in [2.45, 2.75) is 13.1 Å². The molecule has 0 amide bonds. The third-order valence-electron chi connectivity index (χ3n) is 5.56. The number of benzene rings is 3. The lowest BCUT2D eigenvalue weighted by molar-refractivity contribution is 0.909. The van der Waals surface area contributed by atoms with Crippen LogP contribution in [0.3, 0.4) is 0 Å². The minimum absolute atomic E-state index is 0.0939. The third kappa shape index (κ3) is 2.38. The summed E-state index contributed by atoms with van der Waals surface area (Å²) in [4.78, 5) is 26.6. The fraction of sp³-hybridized carbons (Fsp3) is 0.0769. The average molecular weight is 388 g/mol. The second kappa shape index (κ2) is 6.65. The molecule has 0 atom stereocenters. The Bertz CT molecular complexity index is 1580. The van der Waals surface area contributed by atoms with Crippen molar-refractivity contribution >= 4 is 43.6 Å². The first-order valence-electron chi connectivity index (χ1n) is 9.53. The predicted octanol–water partition coefficient (Wildman–Crippen LogP) is 3.89. The molecule has 0 bridgehead atoms. The Morgan fingerprint density at radius 3 is 1.40 bits per heavy atom. The minimum Gasteiger partial charge on any atom is -0.328 e. The van der Waals surface area contributed by atoms with Gasteiger partial charge in [0.05, 0.1) is 35.2 Å². The van der Waals surface area contributed by atoms with E-state index in [2.05, 4.69) is 11.8 Å². The first-order chi connectivity index (χ1) is 14.7. The number of fused-ring (bicyclic) bond motifs is 4. The molecule has 5 rings (SSSR count). The molecule has 0 radical (unpaired) electrons. The molecule has 2 aromatic heterocycles. The van der Waals surface area contributed by atoms with Gasteiger partial charge >= 0.3 is 0 Å². The van der Waals surface area contributed by atoms with E-state index in [0.29, 0.717) is 32.6 Å². The van der Waals surface area contributed by atoms with Crippen molar-refractivity contribution in [1.29, 1.82) is 0 Å². The van der Waals surface area contributed by atoms with Gasteiger partial charge in [0, 0.05) is 21.5 Å². The molecule has 3 aromatic carbocycles. The highest BCUT2D eigenvalue weighted by Gasteiger charge is 2.16. The molecular weight excluding hydrogens is 372 g/mol. The van der Waals surface area contributed by atoms with E-state index < -0.39 is 0 Å². The van der Waals surface area contributed by atoms with Crippen LogP contribution in [0.15, 0.2) is 70.3 Å². The lowest BCUT2D eigenvalue weighted by atomic mass is 10.0. The second-order valence-electron chi connectivity index (χ2n) is 7.16. The summed E-state index contributed by atoms with van der Waals surface area (Å²) in [6.45, 7) is 0.573. The molecule has 4 heteroatoms. The van der Waals surface area contributed by atoms with Crippen molar-refractivity contribution in [2.75, 3.05) is 0 Å². The molecule has 0 aliphatic heterocycles. The molecule has 4 nitrogen and oxygen atoms in total. The van der Waals surface area contributed by atoms with Gasteiger partial charge in [-0.15, -0.1) is 12.8 Å². The van der Waals surface area contributed by atoms with Gasteiger partial charge in [-0.2, -0.15) is 0 Å². The maximum atomic E-state index is 13.3. The first kappa shape index (κ1) is 17.8. The van der Waals surface area contributed by atoms with E-state index in [1.165, 1.54) is 0 Å². The largest absolute Gasteiger partial charge is 0.328 e. The Morgan fingerprint density at radius 1 is 0.600 bits per heavy atom. The van der Waals surface area contributed by atoms with Crippen molar-refractivity contribution in [2.24, 2.45) is 0 Å². The highest BCUT2D eigenvalue weighted by atomic mass is 16.1. The number of rotatable bonds is 2. The Morgan fingerprint density at radius 2 is 1.00 bits per heavy atom. The van der Waals surface area contributed by atoms with E-state index in [1.807, 2.05) is 45.5 Å². The number of para-hydroxylation sites is 2. The smallest absolute Gasteiger partial charge is 0.197 e. The molecule has 0 fully saturated rings. The maximum absolute atomic E-state index is 13.3. The maximum Gasteiger partial charge on any atom is 0.197 e. The zero-order valence-corrected chi connectivity index (χ0v) is 16.1. The number of pyridine rings is 2. The van der Waals surface area contributed by atoms with Crippen LogP contribution in [0.2, 0.25) is 0 Å². The summed E-state index contributed by atoms with van der Waals surface area (Å²) >= 11 is 0. The Kier molecular flexibility index (Phi) is 3.95. The molecule has 0 aliphatic carbocycles. The quantitative estimate of drug-likeness (QED) is 0.340. The number of nitrogens with zero attached hydrogens (tertiary/aromatic N) is 2. The standard InChI is InChI=1S/C26H16N2O2/c1-3-13-27-21-11-7-5-9-17(21)25(29)19-16-24-20(15-23(19)27)26(30)18-10-6-8-12-22(18)28(24)14-4-2/h1-2,5-12,15-16H,13-14H2. The molecule has 0 aliphatic rings. The van der Waals surface area contributed by atoms with E-state index >= 15 is 0 Å². The van der Waals surface area contributed by atoms with Crippen LogP contribution in [0.5, 0.6) is 0 Å². The van der Waals surface area contributed by atoms with Gasteiger partial charge in [-0.05, 0) is 36.4 Å². The number of terminal acetylenes is 2. The Labute approximate surface area is 172 Å². The van der Waals surface area contributed by atoms with Crippen molar-refractivity contribution in [3.05, 3.63) is 81.1 Å². The van der Waals surface area contributed by atoms with E-state index in [1.54, 1.807) is 24.3 Å². The Balaban J connectivity index is 2.10. The molecule has 142 valence electrons. The van der Waals surface area contributed by atoms with Gasteiger partial charge in [-0.25, -0.2) is 0 Å². The van der Waals surface area contributed by atoms with Crippen LogP contribution in [-0.4, -0.2) is 9.13 Å². The van der Waals surface area contributed by atoms with Crippen molar-refractivity contribution in [1.82, 2.24) is 9.13 Å². The summed E-state index contributed by atoms with van der Waals surface area (Å²) in [5.41, 5.74) is 2.59. The fourth-order valence-electron chi connectivity index (χ4n) is 4.26. The molecular formula is C26H16N2O2. The Hall–Kier alpha value is -4.28. The van der Waals surface area contributed by atoms with Crippen LogP contribution < -0.4 is 10.9 Å². The van der Waals surface area contributed by atoms with Crippen LogP contribution in [0.1, 0.15) is 0 Å². The normalized spacial score (nSPS) is 11.1. The fourth-order valence-corrected chi connectivity index (χ4v) is 4.26. The van der Waals surface area contributed by atoms with Crippen molar-refractivity contribution < 1.29 is 0 Å². The SMILES string of the molecule is C#CCn1c2ccccc2c(=O)c2cc3c(cc21)c(=O)c1ccccc1n3CC#C. The van der Waals surface area contributed by atoms with E-state index in [9.17, 15) is 9.59 Å². The lowest BCUT2D eigenvalue weighted by Gasteiger charge is -2.16. The number of hydrogen-bond donors (Lipinski definition) is 0. The summed E-state index contributed by atoms with van der Waals surface area (Å²) in [7, 11) is 0. The number of hydrogen-bond acceptors (Lipinski definition) is 2. The van der Waals surface area contributed by atoms with E-state index in [-0.39, 0.29) is 23.9 Å². The second-order valence-corrected chi connectivity index (χ2v) is 7.16. The molecule has 0 N–H and O–H groups in total. The monoisotopic (exact) mass is 388 g/mol. The van der Waals surface area contributed by atoms with Gasteiger partial charge in [0.2, 0.25) is 0 Å². The summed E-state index contributed by atoms with van der Waals surface area (Å²) in [5, 5.41) is 2.20. The highest BCUT2D eigenvalue weighted by molar-refractivity contribution is 6.03. The number of aromatic nitrogens is 2. The van der Waals surface area contributed by atoms with Gasteiger partial charge in [0.15, 0.2) is 10.9 Å². The van der Waals surface area contributed by atoms with Gasteiger partial charge in [0.1, 0.15) is 0 Å². The van der Waals surface area contributed by atoms with Crippen LogP contribution in [0, 0.1) is 24.7 Å². The minimum atomic E-state index is -0.0939. The molecule has 0 saturated heterocycles. The predicted molar refractivity (Wildman–Crippen MR) is 123 cm³/mol. The summed E-state index contributed by atoms with van der Waals surface area (Å²) in [6.07, 6.45) is 11.2. The lowest BCUT2D eigenvalue weighted by Crippen LogP contribution is -2.15. The zero-order valence-electron chi connectivity index (χ0n) is 16.1. The average Bonchev–Trinajstić information content (AvgIpc) is 2.78. The summed E-state index contributed by atoms with van der Waals surface area (Å²) < 4.78 is 3.82. The first-order valence-corrected chi connectivity index (χ1v) is 9.53. The summed E-state index contributed by atoms with van der Waals surface area (Å²) in [5.74, 6) is 5.33. The van der Waals surface area contributed by atoms with Gasteiger partial charge < -0.3 is 9.13 Å². The molecule has 30 heavy (non-hydrogen) atoms. The topological polar surface area (TPSA) is 44.0 Å². The van der Waals surface area contributed by atoms with Crippen LogP contribution in [-0.2, 0) is 13.1 Å². The van der Waals surface area contributed by atoms with Crippen molar-refractivity contribution in [3.63, 3.8) is 0 Å². The molecule has 0 unspecified atom stereocenters. The third-order valence-corrected chi connectivity index (χ3v) is 5.56. The van der Waals surface area contributed by atoms with Gasteiger partial charge in [-0.3, -0.25) is 9.59 Å². The molecule has 5 aromatic rings. The molecule has 0 spiro atoms.